The lowest BCUT2D eigenvalue weighted by atomic mass is 10.0. The van der Waals surface area contributed by atoms with Crippen molar-refractivity contribution < 1.29 is 32.4 Å². The van der Waals surface area contributed by atoms with Crippen LogP contribution in [0.1, 0.15) is 44.0 Å². The van der Waals surface area contributed by atoms with Gasteiger partial charge in [0.1, 0.15) is 11.5 Å². The second kappa shape index (κ2) is 10.1. The highest BCUT2D eigenvalue weighted by molar-refractivity contribution is 7.89. The summed E-state index contributed by atoms with van der Waals surface area (Å²) >= 11 is 1.39. The van der Waals surface area contributed by atoms with E-state index in [4.69, 9.17) is 9.47 Å². The molecule has 4 rings (SSSR count). The fourth-order valence-corrected chi connectivity index (χ4v) is 6.88. The number of anilines is 1. The lowest BCUT2D eigenvalue weighted by Crippen LogP contribution is -3.08. The van der Waals surface area contributed by atoms with Gasteiger partial charge in [0, 0.05) is 32.2 Å². The van der Waals surface area contributed by atoms with Gasteiger partial charge in [-0.3, -0.25) is 4.79 Å². The van der Waals surface area contributed by atoms with Crippen LogP contribution in [0.5, 0.6) is 0 Å². The van der Waals surface area contributed by atoms with Gasteiger partial charge in [-0.25, -0.2) is 13.2 Å². The van der Waals surface area contributed by atoms with Gasteiger partial charge in [-0.2, -0.15) is 4.31 Å². The Hall–Kier alpha value is -2.31. The summed E-state index contributed by atoms with van der Waals surface area (Å²) in [4.78, 5) is 27.9. The van der Waals surface area contributed by atoms with Gasteiger partial charge in [-0.1, -0.05) is 0 Å². The van der Waals surface area contributed by atoms with Crippen LogP contribution in [0, 0.1) is 0 Å². The third kappa shape index (κ3) is 5.03. The average Bonchev–Trinajstić information content (AvgIpc) is 3.45. The second-order valence-electron chi connectivity index (χ2n) is 8.73. The van der Waals surface area contributed by atoms with Gasteiger partial charge in [-0.05, 0) is 42.7 Å². The number of nitrogens with one attached hydrogen (secondary N) is 2. The number of nitrogens with zero attached hydrogens (tertiary/aromatic N) is 1. The summed E-state index contributed by atoms with van der Waals surface area (Å²) in [5.41, 5.74) is 1.65. The Labute approximate surface area is 203 Å². The number of amides is 1. The van der Waals surface area contributed by atoms with E-state index in [1.165, 1.54) is 59.0 Å². The van der Waals surface area contributed by atoms with E-state index in [9.17, 15) is 18.0 Å². The second-order valence-corrected chi connectivity index (χ2v) is 11.9. The first-order valence-corrected chi connectivity index (χ1v) is 13.5. The van der Waals surface area contributed by atoms with Crippen LogP contribution in [0.15, 0.2) is 29.2 Å². The summed E-state index contributed by atoms with van der Waals surface area (Å²) in [6, 6.07) is 5.81. The zero-order valence-electron chi connectivity index (χ0n) is 19.5. The molecule has 0 aliphatic carbocycles. The van der Waals surface area contributed by atoms with Crippen molar-refractivity contribution in [2.24, 2.45) is 0 Å². The first kappa shape index (κ1) is 24.8. The number of rotatable bonds is 7. The van der Waals surface area contributed by atoms with Crippen LogP contribution in [0.4, 0.5) is 5.00 Å². The third-order valence-electron chi connectivity index (χ3n) is 6.28. The van der Waals surface area contributed by atoms with Crippen molar-refractivity contribution in [3.8, 4) is 0 Å². The van der Waals surface area contributed by atoms with Crippen molar-refractivity contribution in [3.05, 3.63) is 45.8 Å². The van der Waals surface area contributed by atoms with Crippen molar-refractivity contribution in [2.75, 3.05) is 46.2 Å². The molecule has 2 aliphatic rings. The summed E-state index contributed by atoms with van der Waals surface area (Å²) in [6.45, 7) is 2.64. The maximum Gasteiger partial charge on any atom is 0.341 e. The molecular formula is C23H30N3O6S2+. The lowest BCUT2D eigenvalue weighted by Gasteiger charge is -2.20. The Bertz CT molecular complexity index is 1170. The van der Waals surface area contributed by atoms with E-state index >= 15 is 0 Å². The van der Waals surface area contributed by atoms with Crippen LogP contribution in [0.3, 0.4) is 0 Å². The van der Waals surface area contributed by atoms with Gasteiger partial charge >= 0.3 is 5.97 Å². The fraction of sp³-hybridized carbons (Fsp3) is 0.478. The normalized spacial score (nSPS) is 20.2. The van der Waals surface area contributed by atoms with Gasteiger partial charge in [-0.15, -0.1) is 11.3 Å². The third-order valence-corrected chi connectivity index (χ3v) is 9.27. The van der Waals surface area contributed by atoms with Crippen molar-refractivity contribution in [1.82, 2.24) is 4.31 Å². The molecule has 1 fully saturated rings. The topological polar surface area (TPSA) is 106 Å². The van der Waals surface area contributed by atoms with Crippen LogP contribution in [-0.2, 0) is 32.5 Å². The summed E-state index contributed by atoms with van der Waals surface area (Å²) in [7, 11) is 1.25. The van der Waals surface area contributed by atoms with E-state index < -0.39 is 21.9 Å². The van der Waals surface area contributed by atoms with Gasteiger partial charge < -0.3 is 19.7 Å². The molecule has 184 valence electrons. The predicted octanol–water partition coefficient (Wildman–Crippen LogP) is 1.16. The maximum absolute atomic E-state index is 12.9. The van der Waals surface area contributed by atoms with Crippen molar-refractivity contribution >= 4 is 38.2 Å². The van der Waals surface area contributed by atoms with E-state index in [2.05, 4.69) is 12.4 Å². The Kier molecular flexibility index (Phi) is 7.39. The van der Waals surface area contributed by atoms with Crippen molar-refractivity contribution in [3.63, 3.8) is 0 Å². The molecule has 9 nitrogen and oxygen atoms in total. The van der Waals surface area contributed by atoms with Crippen molar-refractivity contribution in [1.29, 1.82) is 0 Å². The quantitative estimate of drug-likeness (QED) is 0.544. The van der Waals surface area contributed by atoms with Crippen LogP contribution in [0.2, 0.25) is 0 Å². The number of hydrogen-bond donors (Lipinski definition) is 2. The van der Waals surface area contributed by atoms with Gasteiger partial charge in [0.15, 0.2) is 0 Å². The zero-order valence-corrected chi connectivity index (χ0v) is 21.2. The first-order valence-electron chi connectivity index (χ1n) is 11.2. The largest absolute Gasteiger partial charge is 0.465 e. The first-order chi connectivity index (χ1) is 16.2. The smallest absolute Gasteiger partial charge is 0.341 e. The number of methoxy groups -OCH3 is 1. The molecule has 2 N–H and O–H groups in total. The molecule has 0 radical (unpaired) electrons. The number of thiophene rings is 1. The number of benzene rings is 1. The predicted molar refractivity (Wildman–Crippen MR) is 128 cm³/mol. The molecule has 1 aromatic carbocycles. The average molecular weight is 509 g/mol. The van der Waals surface area contributed by atoms with Gasteiger partial charge in [0.05, 0.1) is 42.1 Å². The van der Waals surface area contributed by atoms with Gasteiger partial charge in [0.25, 0.3) is 5.91 Å². The molecule has 2 unspecified atom stereocenters. The molecule has 2 aromatic rings. The molecule has 0 spiro atoms. The van der Waals surface area contributed by atoms with E-state index in [1.54, 1.807) is 0 Å². The monoisotopic (exact) mass is 508 g/mol. The summed E-state index contributed by atoms with van der Waals surface area (Å²) in [5.74, 6) is -0.885. The molecule has 0 saturated carbocycles. The number of sulfonamides is 1. The van der Waals surface area contributed by atoms with E-state index in [0.29, 0.717) is 29.3 Å². The molecule has 1 saturated heterocycles. The molecule has 2 aliphatic heterocycles. The number of carbonyl (C=O) groups is 2. The highest BCUT2D eigenvalue weighted by atomic mass is 32.2. The van der Waals surface area contributed by atoms with Crippen LogP contribution >= 0.6 is 11.3 Å². The highest BCUT2D eigenvalue weighted by Crippen LogP contribution is 2.35. The number of hydrogen-bond acceptors (Lipinski definition) is 7. The number of ether oxygens (including phenoxy) is 2. The van der Waals surface area contributed by atoms with Crippen molar-refractivity contribution in [2.45, 2.75) is 36.8 Å². The fourth-order valence-electron chi connectivity index (χ4n) is 4.33. The molecular weight excluding hydrogens is 478 g/mol. The Balaban J connectivity index is 1.51. The lowest BCUT2D eigenvalue weighted by molar-refractivity contribution is -0.895. The van der Waals surface area contributed by atoms with Gasteiger partial charge in [0.2, 0.25) is 10.0 Å². The summed E-state index contributed by atoms with van der Waals surface area (Å²) in [6.07, 6.45) is 2.43. The molecule has 0 bridgehead atoms. The molecule has 1 amide bonds. The number of fused-ring (bicyclic) bond motifs is 1. The number of likely N-dealkylation sites (N-methyl/N-ethyl adjacent to an activating group) is 2. The maximum atomic E-state index is 12.9. The summed E-state index contributed by atoms with van der Waals surface area (Å²) < 4.78 is 37.6. The highest BCUT2D eigenvalue weighted by Gasteiger charge is 2.30. The van der Waals surface area contributed by atoms with E-state index in [0.717, 1.165) is 42.8 Å². The minimum Gasteiger partial charge on any atom is -0.465 e. The Morgan fingerprint density at radius 3 is 2.68 bits per heavy atom. The molecule has 11 heteroatoms. The van der Waals surface area contributed by atoms with Crippen LogP contribution < -0.4 is 10.2 Å². The zero-order chi connectivity index (χ0) is 24.5. The summed E-state index contributed by atoms with van der Waals surface area (Å²) in [5, 5.41) is 3.30. The Morgan fingerprint density at radius 1 is 1.29 bits per heavy atom. The molecule has 2 atom stereocenters. The standard InChI is InChI=1S/C23H29N3O6S2/c1-25-11-10-18-19(14-25)33-22(20(18)23(28)31-3)24-21(27)15-6-8-17(9-7-15)34(29,30)26(2)13-16-5-4-12-32-16/h6-9,16H,4-5,10-14H2,1-3H3,(H,24,27)/p+1. The number of carbonyl (C=O) groups excluding carboxylic acids is 2. The minimum absolute atomic E-state index is 0.0909. The minimum atomic E-state index is -3.70. The van der Waals surface area contributed by atoms with Crippen LogP contribution in [-0.4, -0.2) is 71.6 Å². The Morgan fingerprint density at radius 2 is 2.03 bits per heavy atom. The molecule has 1 aromatic heterocycles. The molecule has 3 heterocycles. The molecule has 34 heavy (non-hydrogen) atoms. The number of esters is 1. The van der Waals surface area contributed by atoms with E-state index in [-0.39, 0.29) is 11.0 Å². The van der Waals surface area contributed by atoms with E-state index in [1.807, 2.05) is 0 Å². The number of quaternary nitrogens is 1. The van der Waals surface area contributed by atoms with Crippen LogP contribution in [0.25, 0.3) is 0 Å². The SMILES string of the molecule is COC(=O)c1c(NC(=O)c2ccc(S(=O)(=O)N(C)CC3CCCO3)cc2)sc2c1CC[NH+](C)C2.